The molecule has 0 atom stereocenters. The van der Waals surface area contributed by atoms with E-state index in [4.69, 9.17) is 5.11 Å². The van der Waals surface area contributed by atoms with Crippen molar-refractivity contribution in [3.8, 4) is 0 Å². The minimum atomic E-state index is -0.995. The molecule has 72 valence electrons. The van der Waals surface area contributed by atoms with Crippen molar-refractivity contribution in [3.05, 3.63) is 23.0 Å². The number of carboxylic acid groups (broad SMARTS) is 1. The van der Waals surface area contributed by atoms with Gasteiger partial charge in [0.15, 0.2) is 0 Å². The summed E-state index contributed by atoms with van der Waals surface area (Å²) >= 11 is 0. The standard InChI is InChI=1S/C7H8O4S2/c1-11-7(10)3-5-13-12-4-2-6(8)9/h2-5H,1H3,(H,8,9). The molecule has 0 saturated carbocycles. The molecule has 4 nitrogen and oxygen atoms in total. The van der Waals surface area contributed by atoms with Crippen LogP contribution >= 0.6 is 21.6 Å². The van der Waals surface area contributed by atoms with Crippen LogP contribution in [0.15, 0.2) is 23.0 Å². The highest BCUT2D eigenvalue weighted by molar-refractivity contribution is 8.78. The Bertz CT molecular complexity index is 235. The molecule has 0 aromatic carbocycles. The number of carbonyl (C=O) groups excluding carboxylic acids is 1. The third-order valence-corrected chi connectivity index (χ3v) is 2.39. The molecule has 1 N–H and O–H groups in total. The molecule has 0 fully saturated rings. The normalized spacial score (nSPS) is 10.8. The Morgan fingerprint density at radius 3 is 2.23 bits per heavy atom. The van der Waals surface area contributed by atoms with Crippen LogP contribution in [0.5, 0.6) is 0 Å². The number of hydrogen-bond acceptors (Lipinski definition) is 5. The van der Waals surface area contributed by atoms with Gasteiger partial charge in [0.05, 0.1) is 7.11 Å². The van der Waals surface area contributed by atoms with Crippen LogP contribution < -0.4 is 0 Å². The molecular weight excluding hydrogens is 212 g/mol. The van der Waals surface area contributed by atoms with E-state index in [2.05, 4.69) is 4.74 Å². The summed E-state index contributed by atoms with van der Waals surface area (Å²) in [6, 6.07) is 0. The van der Waals surface area contributed by atoms with E-state index in [1.165, 1.54) is 45.6 Å². The van der Waals surface area contributed by atoms with E-state index in [-0.39, 0.29) is 0 Å². The molecule has 6 heteroatoms. The van der Waals surface area contributed by atoms with Crippen molar-refractivity contribution in [1.29, 1.82) is 0 Å². The highest BCUT2D eigenvalue weighted by Gasteiger charge is 1.89. The van der Waals surface area contributed by atoms with Gasteiger partial charge in [-0.15, -0.1) is 0 Å². The first-order valence-corrected chi connectivity index (χ1v) is 5.40. The van der Waals surface area contributed by atoms with Crippen molar-refractivity contribution in [1.82, 2.24) is 0 Å². The topological polar surface area (TPSA) is 63.6 Å². The van der Waals surface area contributed by atoms with Crippen LogP contribution in [0.25, 0.3) is 0 Å². The predicted molar refractivity (Wildman–Crippen MR) is 53.1 cm³/mol. The van der Waals surface area contributed by atoms with Crippen molar-refractivity contribution in [2.75, 3.05) is 7.11 Å². The number of carbonyl (C=O) groups is 2. The summed E-state index contributed by atoms with van der Waals surface area (Å²) in [5.41, 5.74) is 0. The van der Waals surface area contributed by atoms with Gasteiger partial charge in [-0.05, 0) is 10.8 Å². The Morgan fingerprint density at radius 2 is 1.77 bits per heavy atom. The van der Waals surface area contributed by atoms with Crippen LogP contribution in [0.1, 0.15) is 0 Å². The summed E-state index contributed by atoms with van der Waals surface area (Å²) in [5, 5.41) is 11.1. The van der Waals surface area contributed by atoms with E-state index in [1.54, 1.807) is 0 Å². The molecule has 0 amide bonds. The van der Waals surface area contributed by atoms with Gasteiger partial charge in [-0.25, -0.2) is 9.59 Å². The molecule has 0 aromatic rings. The summed E-state index contributed by atoms with van der Waals surface area (Å²) in [6.45, 7) is 0. The highest BCUT2D eigenvalue weighted by atomic mass is 33.1. The lowest BCUT2D eigenvalue weighted by Crippen LogP contribution is -1.92. The second-order valence-corrected chi connectivity index (χ2v) is 3.74. The predicted octanol–water partition coefficient (Wildman–Crippen LogP) is 1.65. The van der Waals surface area contributed by atoms with Crippen LogP contribution in [0.3, 0.4) is 0 Å². The zero-order valence-corrected chi connectivity index (χ0v) is 8.43. The van der Waals surface area contributed by atoms with Crippen molar-refractivity contribution in [2.45, 2.75) is 0 Å². The number of rotatable bonds is 5. The number of esters is 1. The molecule has 13 heavy (non-hydrogen) atoms. The maximum Gasteiger partial charge on any atom is 0.331 e. The Kier molecular flexibility index (Phi) is 7.23. The first kappa shape index (κ1) is 12.1. The van der Waals surface area contributed by atoms with Gasteiger partial charge >= 0.3 is 11.9 Å². The smallest absolute Gasteiger partial charge is 0.331 e. The summed E-state index contributed by atoms with van der Waals surface area (Å²) in [6.07, 6.45) is 2.27. The first-order valence-electron chi connectivity index (χ1n) is 3.13. The summed E-state index contributed by atoms with van der Waals surface area (Å²) < 4.78 is 4.33. The lowest BCUT2D eigenvalue weighted by Gasteiger charge is -1.88. The summed E-state index contributed by atoms with van der Waals surface area (Å²) in [7, 11) is 3.71. The molecule has 0 aliphatic heterocycles. The molecule has 0 spiro atoms. The lowest BCUT2D eigenvalue weighted by molar-refractivity contribution is -0.135. The third-order valence-electron chi connectivity index (χ3n) is 0.783. The quantitative estimate of drug-likeness (QED) is 0.329. The highest BCUT2D eigenvalue weighted by Crippen LogP contribution is 2.23. The van der Waals surface area contributed by atoms with Gasteiger partial charge in [0.25, 0.3) is 0 Å². The van der Waals surface area contributed by atoms with Gasteiger partial charge in [-0.2, -0.15) is 0 Å². The number of ether oxygens (including phenoxy) is 1. The Balaban J connectivity index is 3.51. The Hall–Kier alpha value is -0.880. The van der Waals surface area contributed by atoms with Crippen molar-refractivity contribution in [3.63, 3.8) is 0 Å². The van der Waals surface area contributed by atoms with E-state index in [0.717, 1.165) is 6.08 Å². The molecule has 0 saturated heterocycles. The zero-order chi connectivity index (χ0) is 10.1. The number of hydrogen-bond donors (Lipinski definition) is 1. The number of methoxy groups -OCH3 is 1. The van der Waals surface area contributed by atoms with Gasteiger partial charge in [-0.1, -0.05) is 21.6 Å². The van der Waals surface area contributed by atoms with Gasteiger partial charge < -0.3 is 9.84 Å². The average Bonchev–Trinajstić information content (AvgIpc) is 2.10. The minimum Gasteiger partial charge on any atom is -0.478 e. The lowest BCUT2D eigenvalue weighted by atomic mass is 10.7. The largest absolute Gasteiger partial charge is 0.478 e. The second-order valence-electron chi connectivity index (χ2n) is 1.66. The average molecular weight is 220 g/mol. The molecule has 0 heterocycles. The van der Waals surface area contributed by atoms with E-state index in [9.17, 15) is 9.59 Å². The van der Waals surface area contributed by atoms with Gasteiger partial charge in [0.1, 0.15) is 0 Å². The zero-order valence-electron chi connectivity index (χ0n) is 6.80. The monoisotopic (exact) mass is 220 g/mol. The van der Waals surface area contributed by atoms with Crippen LogP contribution in [0, 0.1) is 0 Å². The molecule has 0 rings (SSSR count). The van der Waals surface area contributed by atoms with Crippen molar-refractivity contribution in [2.24, 2.45) is 0 Å². The molecule has 0 radical (unpaired) electrons. The molecule has 0 aliphatic carbocycles. The summed E-state index contributed by atoms with van der Waals surface area (Å²) in [5.74, 6) is -1.43. The van der Waals surface area contributed by atoms with E-state index in [0.29, 0.717) is 0 Å². The van der Waals surface area contributed by atoms with Crippen molar-refractivity contribution >= 4 is 33.5 Å². The fraction of sp³-hybridized carbons (Fsp3) is 0.143. The fourth-order valence-electron chi connectivity index (χ4n) is 0.302. The molecule has 0 aliphatic rings. The van der Waals surface area contributed by atoms with Crippen LogP contribution in [0.2, 0.25) is 0 Å². The number of carboxylic acids is 1. The molecule has 0 unspecified atom stereocenters. The van der Waals surface area contributed by atoms with Crippen molar-refractivity contribution < 1.29 is 19.4 Å². The first-order chi connectivity index (χ1) is 6.16. The van der Waals surface area contributed by atoms with E-state index in [1.807, 2.05) is 0 Å². The van der Waals surface area contributed by atoms with Gasteiger partial charge in [0, 0.05) is 12.2 Å². The maximum atomic E-state index is 10.5. The SMILES string of the molecule is COC(=O)C=CSSC=CC(=O)O. The molecular formula is C7H8O4S2. The molecule has 0 bridgehead atoms. The van der Waals surface area contributed by atoms with E-state index < -0.39 is 11.9 Å². The minimum absolute atomic E-state index is 0.435. The fourth-order valence-corrected chi connectivity index (χ4v) is 1.49. The summed E-state index contributed by atoms with van der Waals surface area (Å²) in [4.78, 5) is 20.5. The Morgan fingerprint density at radius 1 is 1.23 bits per heavy atom. The van der Waals surface area contributed by atoms with Crippen LogP contribution in [0.4, 0.5) is 0 Å². The maximum absolute atomic E-state index is 10.5. The second kappa shape index (κ2) is 7.75. The van der Waals surface area contributed by atoms with Crippen LogP contribution in [-0.4, -0.2) is 24.2 Å². The van der Waals surface area contributed by atoms with Crippen LogP contribution in [-0.2, 0) is 14.3 Å². The van der Waals surface area contributed by atoms with Gasteiger partial charge in [-0.3, -0.25) is 0 Å². The third kappa shape index (κ3) is 9.03. The molecule has 0 aromatic heterocycles. The Labute approximate surface area is 83.4 Å². The number of aliphatic carboxylic acids is 1. The van der Waals surface area contributed by atoms with Gasteiger partial charge in [0.2, 0.25) is 0 Å². The van der Waals surface area contributed by atoms with E-state index >= 15 is 0 Å².